The number of benzene rings is 1. The van der Waals surface area contributed by atoms with E-state index in [9.17, 15) is 9.59 Å². The number of aromatic carboxylic acids is 1. The third kappa shape index (κ3) is 3.79. The van der Waals surface area contributed by atoms with Gasteiger partial charge in [-0.05, 0) is 36.2 Å². The molecule has 0 spiro atoms. The van der Waals surface area contributed by atoms with Crippen LogP contribution >= 0.6 is 11.6 Å². The summed E-state index contributed by atoms with van der Waals surface area (Å²) in [4.78, 5) is 26.4. The average molecular weight is 305 g/mol. The van der Waals surface area contributed by atoms with Crippen molar-refractivity contribution < 1.29 is 14.7 Å². The highest BCUT2D eigenvalue weighted by molar-refractivity contribution is 6.31. The summed E-state index contributed by atoms with van der Waals surface area (Å²) in [5.74, 6) is -1.33. The Bertz CT molecular complexity index is 684. The van der Waals surface area contributed by atoms with Crippen LogP contribution in [0.1, 0.15) is 32.0 Å². The largest absolute Gasteiger partial charge is 0.477 e. The number of hydrogen-bond donors (Lipinski definition) is 2. The van der Waals surface area contributed by atoms with Gasteiger partial charge in [0.2, 0.25) is 0 Å². The molecular weight excluding hydrogens is 292 g/mol. The maximum absolute atomic E-state index is 12.0. The van der Waals surface area contributed by atoms with Crippen LogP contribution in [0, 0.1) is 6.92 Å². The molecular formula is C15H13ClN2O3. The Kier molecular flexibility index (Phi) is 4.55. The van der Waals surface area contributed by atoms with Gasteiger partial charge in [0.05, 0.1) is 0 Å². The first-order valence-corrected chi connectivity index (χ1v) is 6.58. The molecule has 0 bridgehead atoms. The molecule has 5 nitrogen and oxygen atoms in total. The first-order chi connectivity index (χ1) is 9.97. The summed E-state index contributed by atoms with van der Waals surface area (Å²) in [7, 11) is 0. The zero-order valence-electron chi connectivity index (χ0n) is 11.3. The number of carboxylic acids is 1. The summed E-state index contributed by atoms with van der Waals surface area (Å²) < 4.78 is 0. The second-order valence-electron chi connectivity index (χ2n) is 4.50. The van der Waals surface area contributed by atoms with E-state index in [2.05, 4.69) is 10.3 Å². The third-order valence-electron chi connectivity index (χ3n) is 2.93. The number of nitrogens with zero attached hydrogens (tertiary/aromatic N) is 1. The number of rotatable bonds is 4. The fraction of sp³-hybridized carbons (Fsp3) is 0.133. The van der Waals surface area contributed by atoms with Crippen molar-refractivity contribution in [2.75, 3.05) is 0 Å². The van der Waals surface area contributed by atoms with E-state index in [4.69, 9.17) is 16.7 Å². The molecule has 0 aliphatic heterocycles. The number of halogens is 1. The zero-order valence-corrected chi connectivity index (χ0v) is 12.0. The smallest absolute Gasteiger partial charge is 0.354 e. The van der Waals surface area contributed by atoms with Crippen LogP contribution in [-0.2, 0) is 6.54 Å². The number of hydrogen-bond acceptors (Lipinski definition) is 3. The van der Waals surface area contributed by atoms with Gasteiger partial charge in [0, 0.05) is 23.3 Å². The van der Waals surface area contributed by atoms with Gasteiger partial charge in [0.25, 0.3) is 5.91 Å². The number of aryl methyl sites for hydroxylation is 1. The second-order valence-corrected chi connectivity index (χ2v) is 4.91. The second kappa shape index (κ2) is 6.37. The lowest BCUT2D eigenvalue weighted by atomic mass is 10.1. The Hall–Kier alpha value is -2.40. The monoisotopic (exact) mass is 304 g/mol. The predicted molar refractivity (Wildman–Crippen MR) is 78.6 cm³/mol. The summed E-state index contributed by atoms with van der Waals surface area (Å²) in [5.41, 5.74) is 2.06. The molecule has 2 rings (SSSR count). The Morgan fingerprint density at radius 3 is 2.62 bits per heavy atom. The molecule has 0 atom stereocenters. The van der Waals surface area contributed by atoms with Crippen molar-refractivity contribution in [3.8, 4) is 0 Å². The Morgan fingerprint density at radius 1 is 1.29 bits per heavy atom. The van der Waals surface area contributed by atoms with Gasteiger partial charge in [0.15, 0.2) is 0 Å². The molecule has 2 N–H and O–H groups in total. The molecule has 0 aliphatic rings. The van der Waals surface area contributed by atoms with Crippen LogP contribution in [0.25, 0.3) is 0 Å². The summed E-state index contributed by atoms with van der Waals surface area (Å²) >= 11 is 5.98. The maximum atomic E-state index is 12.0. The van der Waals surface area contributed by atoms with Gasteiger partial charge in [-0.25, -0.2) is 9.78 Å². The molecule has 6 heteroatoms. The van der Waals surface area contributed by atoms with Crippen molar-refractivity contribution >= 4 is 23.5 Å². The van der Waals surface area contributed by atoms with Crippen LogP contribution < -0.4 is 5.32 Å². The minimum absolute atomic E-state index is 0.0320. The highest BCUT2D eigenvalue weighted by Crippen LogP contribution is 2.16. The molecule has 0 aliphatic carbocycles. The average Bonchev–Trinajstić information content (AvgIpc) is 2.48. The fourth-order valence-corrected chi connectivity index (χ4v) is 1.85. The highest BCUT2D eigenvalue weighted by Gasteiger charge is 2.08. The number of carbonyl (C=O) groups is 2. The van der Waals surface area contributed by atoms with E-state index in [1.807, 2.05) is 6.92 Å². The van der Waals surface area contributed by atoms with Gasteiger partial charge >= 0.3 is 5.97 Å². The molecule has 2 aromatic rings. The summed E-state index contributed by atoms with van der Waals surface area (Å²) in [6.07, 6.45) is 1.42. The molecule has 0 saturated carbocycles. The van der Waals surface area contributed by atoms with E-state index in [0.717, 1.165) is 5.56 Å². The lowest BCUT2D eigenvalue weighted by molar-refractivity contribution is 0.0690. The van der Waals surface area contributed by atoms with Gasteiger partial charge in [-0.15, -0.1) is 0 Å². The summed E-state index contributed by atoms with van der Waals surface area (Å²) in [6.45, 7) is 2.12. The topological polar surface area (TPSA) is 79.3 Å². The SMILES string of the molecule is Cc1ccc(C(=O)NCc2ccc(C(=O)O)nc2)cc1Cl. The van der Waals surface area contributed by atoms with Gasteiger partial charge in [-0.1, -0.05) is 23.7 Å². The highest BCUT2D eigenvalue weighted by atomic mass is 35.5. The number of amides is 1. The van der Waals surface area contributed by atoms with E-state index in [-0.39, 0.29) is 18.1 Å². The maximum Gasteiger partial charge on any atom is 0.354 e. The quantitative estimate of drug-likeness (QED) is 0.910. The summed E-state index contributed by atoms with van der Waals surface area (Å²) in [5, 5.41) is 12.0. The van der Waals surface area contributed by atoms with Gasteiger partial charge in [-0.3, -0.25) is 4.79 Å². The molecule has 1 aromatic heterocycles. The van der Waals surface area contributed by atoms with Crippen LogP contribution in [0.3, 0.4) is 0 Å². The number of carbonyl (C=O) groups excluding carboxylic acids is 1. The molecule has 108 valence electrons. The Balaban J connectivity index is 2.00. The van der Waals surface area contributed by atoms with Crippen molar-refractivity contribution in [3.05, 3.63) is 63.9 Å². The van der Waals surface area contributed by atoms with E-state index in [1.54, 1.807) is 24.3 Å². The molecule has 0 fully saturated rings. The van der Waals surface area contributed by atoms with Crippen LogP contribution in [0.15, 0.2) is 36.5 Å². The fourth-order valence-electron chi connectivity index (χ4n) is 1.67. The van der Waals surface area contributed by atoms with Gasteiger partial charge in [-0.2, -0.15) is 0 Å². The van der Waals surface area contributed by atoms with Crippen molar-refractivity contribution in [2.45, 2.75) is 13.5 Å². The van der Waals surface area contributed by atoms with E-state index in [1.165, 1.54) is 12.3 Å². The lowest BCUT2D eigenvalue weighted by Crippen LogP contribution is -2.23. The minimum atomic E-state index is -1.08. The van der Waals surface area contributed by atoms with Crippen molar-refractivity contribution in [1.82, 2.24) is 10.3 Å². The minimum Gasteiger partial charge on any atom is -0.477 e. The van der Waals surface area contributed by atoms with Crippen LogP contribution in [0.2, 0.25) is 5.02 Å². The predicted octanol–water partition coefficient (Wildman–Crippen LogP) is 2.67. The molecule has 0 unspecified atom stereocenters. The van der Waals surface area contributed by atoms with Gasteiger partial charge < -0.3 is 10.4 Å². The lowest BCUT2D eigenvalue weighted by Gasteiger charge is -2.06. The first kappa shape index (κ1) is 15.0. The van der Waals surface area contributed by atoms with E-state index in [0.29, 0.717) is 16.1 Å². The molecule has 0 saturated heterocycles. The molecule has 0 radical (unpaired) electrons. The number of aromatic nitrogens is 1. The van der Waals surface area contributed by atoms with Crippen LogP contribution in [0.4, 0.5) is 0 Å². The van der Waals surface area contributed by atoms with Crippen molar-refractivity contribution in [1.29, 1.82) is 0 Å². The Morgan fingerprint density at radius 2 is 2.05 bits per heavy atom. The first-order valence-electron chi connectivity index (χ1n) is 6.20. The number of carboxylic acid groups (broad SMARTS) is 1. The third-order valence-corrected chi connectivity index (χ3v) is 3.34. The standard InChI is InChI=1S/C15H13ClN2O3/c1-9-2-4-11(6-12(9)16)14(19)18-8-10-3-5-13(15(20)21)17-7-10/h2-7H,8H2,1H3,(H,18,19)(H,20,21). The van der Waals surface area contributed by atoms with Crippen molar-refractivity contribution in [3.63, 3.8) is 0 Å². The zero-order chi connectivity index (χ0) is 15.4. The van der Waals surface area contributed by atoms with E-state index >= 15 is 0 Å². The van der Waals surface area contributed by atoms with E-state index < -0.39 is 5.97 Å². The number of pyridine rings is 1. The number of nitrogens with one attached hydrogen (secondary N) is 1. The van der Waals surface area contributed by atoms with Crippen LogP contribution in [-0.4, -0.2) is 22.0 Å². The van der Waals surface area contributed by atoms with Crippen LogP contribution in [0.5, 0.6) is 0 Å². The van der Waals surface area contributed by atoms with Crippen molar-refractivity contribution in [2.24, 2.45) is 0 Å². The van der Waals surface area contributed by atoms with Gasteiger partial charge in [0.1, 0.15) is 5.69 Å². The molecule has 1 aromatic carbocycles. The molecule has 1 amide bonds. The Labute approximate surface area is 126 Å². The summed E-state index contributed by atoms with van der Waals surface area (Å²) in [6, 6.07) is 8.09. The normalized spacial score (nSPS) is 10.2. The molecule has 21 heavy (non-hydrogen) atoms. The molecule has 1 heterocycles.